The zero-order valence-electron chi connectivity index (χ0n) is 13.9. The summed E-state index contributed by atoms with van der Waals surface area (Å²) in [6, 6.07) is 11.4. The Bertz CT molecular complexity index is 1010. The third kappa shape index (κ3) is 2.30. The SMILES string of the molecule is COc1cc(C2CC(=O)NC3=C2C(=O)C(=O)c2ccccc23)ccc1O. The van der Waals surface area contributed by atoms with Gasteiger partial charge < -0.3 is 15.2 Å². The monoisotopic (exact) mass is 349 g/mol. The molecule has 2 aromatic carbocycles. The van der Waals surface area contributed by atoms with Gasteiger partial charge in [-0.15, -0.1) is 0 Å². The molecule has 26 heavy (non-hydrogen) atoms. The minimum Gasteiger partial charge on any atom is -0.504 e. The number of hydrogen-bond acceptors (Lipinski definition) is 5. The summed E-state index contributed by atoms with van der Waals surface area (Å²) in [5, 5.41) is 12.6. The molecule has 0 spiro atoms. The number of hydrogen-bond donors (Lipinski definition) is 2. The number of ketones is 2. The van der Waals surface area contributed by atoms with Crippen molar-refractivity contribution >= 4 is 23.2 Å². The van der Waals surface area contributed by atoms with Crippen LogP contribution in [-0.4, -0.2) is 29.7 Å². The molecule has 6 heteroatoms. The molecule has 4 rings (SSSR count). The molecule has 1 unspecified atom stereocenters. The van der Waals surface area contributed by atoms with Crippen molar-refractivity contribution in [2.45, 2.75) is 12.3 Å². The number of phenols is 1. The summed E-state index contributed by atoms with van der Waals surface area (Å²) >= 11 is 0. The Morgan fingerprint density at radius 3 is 2.50 bits per heavy atom. The average molecular weight is 349 g/mol. The first kappa shape index (κ1) is 16.1. The fraction of sp³-hybridized carbons (Fsp3) is 0.150. The molecule has 1 aliphatic carbocycles. The third-order valence-corrected chi connectivity index (χ3v) is 4.77. The number of Topliss-reactive ketones (excluding diaryl/α,β-unsaturated/α-hetero) is 2. The van der Waals surface area contributed by atoms with Gasteiger partial charge in [0.1, 0.15) is 0 Å². The van der Waals surface area contributed by atoms with Crippen LogP contribution in [0.2, 0.25) is 0 Å². The zero-order valence-corrected chi connectivity index (χ0v) is 13.9. The van der Waals surface area contributed by atoms with Gasteiger partial charge >= 0.3 is 0 Å². The molecule has 0 bridgehead atoms. The number of aromatic hydroxyl groups is 1. The molecule has 130 valence electrons. The van der Waals surface area contributed by atoms with E-state index < -0.39 is 17.5 Å². The quantitative estimate of drug-likeness (QED) is 0.811. The minimum atomic E-state index is -0.615. The topological polar surface area (TPSA) is 92.7 Å². The number of methoxy groups -OCH3 is 1. The first-order valence-electron chi connectivity index (χ1n) is 8.10. The Hall–Kier alpha value is -3.41. The molecule has 2 aliphatic rings. The largest absolute Gasteiger partial charge is 0.504 e. The highest BCUT2D eigenvalue weighted by Crippen LogP contribution is 2.42. The van der Waals surface area contributed by atoms with Gasteiger partial charge in [0.15, 0.2) is 11.5 Å². The van der Waals surface area contributed by atoms with E-state index in [0.29, 0.717) is 22.4 Å². The van der Waals surface area contributed by atoms with Crippen molar-refractivity contribution in [3.05, 3.63) is 64.7 Å². The standard InChI is InChI=1S/C20H15NO5/c1-26-15-8-10(6-7-14(15)22)13-9-16(23)21-18-11-4-2-3-5-12(11)19(24)20(25)17(13)18/h2-8,13,22H,9H2,1H3,(H,21,23). The predicted octanol–water partition coefficient (Wildman–Crippen LogP) is 2.18. The van der Waals surface area contributed by atoms with Crippen molar-refractivity contribution in [1.82, 2.24) is 5.32 Å². The predicted molar refractivity (Wildman–Crippen MR) is 92.9 cm³/mol. The van der Waals surface area contributed by atoms with Gasteiger partial charge in [0.2, 0.25) is 17.5 Å². The molecule has 0 saturated heterocycles. The number of benzene rings is 2. The molecule has 1 amide bonds. The number of carbonyl (C=O) groups excluding carboxylic acids is 3. The summed E-state index contributed by atoms with van der Waals surface area (Å²) < 4.78 is 5.13. The van der Waals surface area contributed by atoms with Gasteiger partial charge in [-0.25, -0.2) is 0 Å². The van der Waals surface area contributed by atoms with E-state index in [1.54, 1.807) is 36.4 Å². The number of amides is 1. The lowest BCUT2D eigenvalue weighted by Crippen LogP contribution is -2.39. The number of fused-ring (bicyclic) bond motifs is 2. The van der Waals surface area contributed by atoms with E-state index in [1.807, 2.05) is 0 Å². The summed E-state index contributed by atoms with van der Waals surface area (Å²) in [5.41, 5.74) is 2.14. The first-order chi connectivity index (χ1) is 12.5. The van der Waals surface area contributed by atoms with E-state index >= 15 is 0 Å². The molecular formula is C20H15NO5. The Kier molecular flexibility index (Phi) is 3.61. The van der Waals surface area contributed by atoms with Crippen molar-refractivity contribution in [3.8, 4) is 11.5 Å². The molecule has 0 radical (unpaired) electrons. The van der Waals surface area contributed by atoms with E-state index in [4.69, 9.17) is 4.74 Å². The van der Waals surface area contributed by atoms with Gasteiger partial charge in [-0.2, -0.15) is 0 Å². The fourth-order valence-electron chi connectivity index (χ4n) is 3.54. The first-order valence-corrected chi connectivity index (χ1v) is 8.10. The highest BCUT2D eigenvalue weighted by molar-refractivity contribution is 6.53. The lowest BCUT2D eigenvalue weighted by molar-refractivity contribution is -0.120. The molecular weight excluding hydrogens is 334 g/mol. The molecule has 1 atom stereocenters. The average Bonchev–Trinajstić information content (AvgIpc) is 2.66. The van der Waals surface area contributed by atoms with Gasteiger partial charge in [0, 0.05) is 29.0 Å². The van der Waals surface area contributed by atoms with Gasteiger partial charge in [0.05, 0.1) is 12.8 Å². The van der Waals surface area contributed by atoms with Gasteiger partial charge in [0.25, 0.3) is 0 Å². The number of phenolic OH excluding ortho intramolecular Hbond substituents is 1. The summed E-state index contributed by atoms with van der Waals surface area (Å²) in [7, 11) is 1.42. The van der Waals surface area contributed by atoms with Crippen LogP contribution in [-0.2, 0) is 9.59 Å². The maximum absolute atomic E-state index is 12.8. The number of ether oxygens (including phenoxy) is 1. The van der Waals surface area contributed by atoms with E-state index in [9.17, 15) is 19.5 Å². The second-order valence-electron chi connectivity index (χ2n) is 6.23. The summed E-state index contributed by atoms with van der Waals surface area (Å²) in [6.45, 7) is 0. The van der Waals surface area contributed by atoms with E-state index in [-0.39, 0.29) is 29.4 Å². The molecule has 0 saturated carbocycles. The van der Waals surface area contributed by atoms with Crippen molar-refractivity contribution in [3.63, 3.8) is 0 Å². The normalized spacial score (nSPS) is 19.0. The lowest BCUT2D eigenvalue weighted by Gasteiger charge is -2.31. The highest BCUT2D eigenvalue weighted by atomic mass is 16.5. The third-order valence-electron chi connectivity index (χ3n) is 4.77. The second-order valence-corrected chi connectivity index (χ2v) is 6.23. The van der Waals surface area contributed by atoms with Crippen LogP contribution >= 0.6 is 0 Å². The summed E-state index contributed by atoms with van der Waals surface area (Å²) in [5.74, 6) is -1.81. The van der Waals surface area contributed by atoms with Crippen molar-refractivity contribution in [2.75, 3.05) is 7.11 Å². The maximum Gasteiger partial charge on any atom is 0.233 e. The molecule has 1 aliphatic heterocycles. The van der Waals surface area contributed by atoms with Crippen LogP contribution in [0.15, 0.2) is 48.0 Å². The molecule has 0 fully saturated rings. The van der Waals surface area contributed by atoms with E-state index in [2.05, 4.69) is 5.32 Å². The molecule has 6 nitrogen and oxygen atoms in total. The van der Waals surface area contributed by atoms with Crippen LogP contribution in [0.25, 0.3) is 5.70 Å². The number of rotatable bonds is 2. The van der Waals surface area contributed by atoms with Crippen LogP contribution in [0.4, 0.5) is 0 Å². The van der Waals surface area contributed by atoms with Crippen LogP contribution < -0.4 is 10.1 Å². The van der Waals surface area contributed by atoms with Gasteiger partial charge in [-0.05, 0) is 17.7 Å². The van der Waals surface area contributed by atoms with E-state index in [0.717, 1.165) is 0 Å². The van der Waals surface area contributed by atoms with Crippen LogP contribution in [0.3, 0.4) is 0 Å². The lowest BCUT2D eigenvalue weighted by atomic mass is 9.75. The Labute approximate surface area is 149 Å². The molecule has 2 aromatic rings. The second kappa shape index (κ2) is 5.84. The van der Waals surface area contributed by atoms with Crippen LogP contribution in [0.5, 0.6) is 11.5 Å². The van der Waals surface area contributed by atoms with Crippen molar-refractivity contribution in [2.24, 2.45) is 0 Å². The Morgan fingerprint density at radius 1 is 1.04 bits per heavy atom. The smallest absolute Gasteiger partial charge is 0.233 e. The van der Waals surface area contributed by atoms with Gasteiger partial charge in [-0.1, -0.05) is 30.3 Å². The number of carbonyl (C=O) groups is 3. The van der Waals surface area contributed by atoms with Crippen molar-refractivity contribution in [1.29, 1.82) is 0 Å². The maximum atomic E-state index is 12.8. The zero-order chi connectivity index (χ0) is 18.4. The Balaban J connectivity index is 1.94. The summed E-state index contributed by atoms with van der Waals surface area (Å²) in [4.78, 5) is 37.6. The highest BCUT2D eigenvalue weighted by Gasteiger charge is 2.41. The Morgan fingerprint density at radius 2 is 1.77 bits per heavy atom. The number of allylic oxidation sites excluding steroid dienone is 1. The molecule has 2 N–H and O–H groups in total. The number of nitrogens with one attached hydrogen (secondary N) is 1. The van der Waals surface area contributed by atoms with Crippen LogP contribution in [0, 0.1) is 0 Å². The van der Waals surface area contributed by atoms with Crippen LogP contribution in [0.1, 0.15) is 33.8 Å². The fourth-order valence-corrected chi connectivity index (χ4v) is 3.54. The summed E-state index contributed by atoms with van der Waals surface area (Å²) in [6.07, 6.45) is 0.0357. The molecule has 1 heterocycles. The van der Waals surface area contributed by atoms with Crippen molar-refractivity contribution < 1.29 is 24.2 Å². The minimum absolute atomic E-state index is 0.0357. The van der Waals surface area contributed by atoms with E-state index in [1.165, 1.54) is 13.2 Å². The van der Waals surface area contributed by atoms with Gasteiger partial charge in [-0.3, -0.25) is 14.4 Å². The molecule has 0 aromatic heterocycles.